The van der Waals surface area contributed by atoms with E-state index < -0.39 is 21.2 Å². The molecule has 2 aromatic rings. The van der Waals surface area contributed by atoms with Gasteiger partial charge in [-0.2, -0.15) is 0 Å². The fraction of sp³-hybridized carbons (Fsp3) is 0.333. The molecule has 0 aromatic heterocycles. The van der Waals surface area contributed by atoms with Crippen LogP contribution in [0.2, 0.25) is 0 Å². The fourth-order valence-electron chi connectivity index (χ4n) is 2.45. The monoisotopic (exact) mass is 318 g/mol. The first-order valence-corrected chi connectivity index (χ1v) is 9.05. The van der Waals surface area contributed by atoms with Crippen LogP contribution >= 0.6 is 0 Å². The van der Waals surface area contributed by atoms with Crippen LogP contribution in [0.25, 0.3) is 0 Å². The summed E-state index contributed by atoms with van der Waals surface area (Å²) in [5, 5.41) is 9.53. The number of aliphatic hydroxyl groups excluding tert-OH is 1. The molecule has 2 aromatic carbocycles. The van der Waals surface area contributed by atoms with Gasteiger partial charge >= 0.3 is 0 Å². The lowest BCUT2D eigenvalue weighted by Gasteiger charge is -2.17. The van der Waals surface area contributed by atoms with E-state index in [1.807, 2.05) is 30.3 Å². The predicted octanol–water partition coefficient (Wildman–Crippen LogP) is 3.23. The first-order chi connectivity index (χ1) is 10.5. The quantitative estimate of drug-likeness (QED) is 0.852. The Bertz CT molecular complexity index is 666. The Morgan fingerprint density at radius 1 is 0.955 bits per heavy atom. The molecule has 0 bridgehead atoms. The Morgan fingerprint density at radius 2 is 1.50 bits per heavy atom. The van der Waals surface area contributed by atoms with E-state index in [2.05, 4.69) is 0 Å². The molecule has 118 valence electrons. The van der Waals surface area contributed by atoms with Crippen LogP contribution in [0.3, 0.4) is 0 Å². The number of rotatable bonds is 7. The molecule has 0 spiro atoms. The fourth-order valence-corrected chi connectivity index (χ4v) is 3.92. The van der Waals surface area contributed by atoms with Gasteiger partial charge in [-0.25, -0.2) is 8.42 Å². The number of hydrogen-bond donors (Lipinski definition) is 1. The topological polar surface area (TPSA) is 54.4 Å². The summed E-state index contributed by atoms with van der Waals surface area (Å²) in [6.07, 6.45) is 0.955. The summed E-state index contributed by atoms with van der Waals surface area (Å²) < 4.78 is 24.9. The highest BCUT2D eigenvalue weighted by Gasteiger charge is 2.25. The second-order valence-corrected chi connectivity index (χ2v) is 7.95. The minimum absolute atomic E-state index is 0.254. The van der Waals surface area contributed by atoms with Crippen LogP contribution in [0.4, 0.5) is 0 Å². The summed E-state index contributed by atoms with van der Waals surface area (Å²) in [4.78, 5) is 0.317. The van der Waals surface area contributed by atoms with E-state index >= 15 is 0 Å². The Hall–Kier alpha value is -1.65. The molecular weight excluding hydrogens is 296 g/mol. The maximum atomic E-state index is 12.4. The molecule has 2 atom stereocenters. The van der Waals surface area contributed by atoms with E-state index in [1.165, 1.54) is 0 Å². The van der Waals surface area contributed by atoms with Crippen molar-refractivity contribution in [3.05, 3.63) is 66.2 Å². The first-order valence-electron chi connectivity index (χ1n) is 7.51. The molecule has 0 heterocycles. The van der Waals surface area contributed by atoms with Gasteiger partial charge in [0.15, 0.2) is 9.84 Å². The summed E-state index contributed by atoms with van der Waals surface area (Å²) >= 11 is 0. The summed E-state index contributed by atoms with van der Waals surface area (Å²) in [6.45, 7) is 1.66. The summed E-state index contributed by atoms with van der Waals surface area (Å²) in [5.41, 5.74) is 1.15. The Balaban J connectivity index is 1.92. The van der Waals surface area contributed by atoms with Gasteiger partial charge in [-0.15, -0.1) is 0 Å². The molecule has 0 amide bonds. The van der Waals surface area contributed by atoms with E-state index in [4.69, 9.17) is 0 Å². The average molecular weight is 318 g/mol. The SMILES string of the molecule is CC(C[C@@H](O)CCc1ccccc1)S(=O)(=O)c1ccccc1. The third-order valence-electron chi connectivity index (χ3n) is 3.81. The average Bonchev–Trinajstić information content (AvgIpc) is 2.54. The first kappa shape index (κ1) is 16.7. The largest absolute Gasteiger partial charge is 0.393 e. The lowest BCUT2D eigenvalue weighted by Crippen LogP contribution is -2.24. The van der Waals surface area contributed by atoms with Gasteiger partial charge in [-0.1, -0.05) is 48.5 Å². The number of aliphatic hydroxyl groups is 1. The minimum Gasteiger partial charge on any atom is -0.393 e. The molecule has 0 radical (unpaired) electrons. The van der Waals surface area contributed by atoms with Gasteiger partial charge in [0.25, 0.3) is 0 Å². The number of sulfone groups is 1. The molecule has 1 N–H and O–H groups in total. The molecule has 0 aliphatic rings. The van der Waals surface area contributed by atoms with E-state index in [9.17, 15) is 13.5 Å². The Kier molecular flexibility index (Phi) is 5.75. The van der Waals surface area contributed by atoms with Crippen molar-refractivity contribution in [1.29, 1.82) is 0 Å². The minimum atomic E-state index is -3.38. The molecular formula is C18H22O3S. The smallest absolute Gasteiger partial charge is 0.181 e. The molecule has 0 saturated carbocycles. The summed E-state index contributed by atoms with van der Waals surface area (Å²) in [6, 6.07) is 18.3. The van der Waals surface area contributed by atoms with Crippen LogP contribution in [-0.4, -0.2) is 24.9 Å². The van der Waals surface area contributed by atoms with Crippen molar-refractivity contribution in [2.24, 2.45) is 0 Å². The van der Waals surface area contributed by atoms with Crippen molar-refractivity contribution in [1.82, 2.24) is 0 Å². The second-order valence-electron chi connectivity index (χ2n) is 5.58. The molecule has 0 saturated heterocycles. The lowest BCUT2D eigenvalue weighted by atomic mass is 10.0. The molecule has 0 fully saturated rings. The molecule has 0 aliphatic heterocycles. The van der Waals surface area contributed by atoms with Gasteiger partial charge in [0.1, 0.15) is 0 Å². The maximum Gasteiger partial charge on any atom is 0.181 e. The van der Waals surface area contributed by atoms with Crippen LogP contribution in [0.1, 0.15) is 25.3 Å². The highest BCUT2D eigenvalue weighted by atomic mass is 32.2. The predicted molar refractivity (Wildman–Crippen MR) is 88.5 cm³/mol. The highest BCUT2D eigenvalue weighted by molar-refractivity contribution is 7.92. The number of aryl methyl sites for hydroxylation is 1. The van der Waals surface area contributed by atoms with Crippen LogP contribution in [-0.2, 0) is 16.3 Å². The molecule has 4 heteroatoms. The van der Waals surface area contributed by atoms with Gasteiger partial charge in [0.05, 0.1) is 16.2 Å². The van der Waals surface area contributed by atoms with Crippen molar-refractivity contribution in [2.75, 3.05) is 0 Å². The molecule has 1 unspecified atom stereocenters. The van der Waals surface area contributed by atoms with Crippen molar-refractivity contribution in [3.63, 3.8) is 0 Å². The van der Waals surface area contributed by atoms with Crippen LogP contribution in [0.15, 0.2) is 65.6 Å². The Morgan fingerprint density at radius 3 is 2.09 bits per heavy atom. The lowest BCUT2D eigenvalue weighted by molar-refractivity contribution is 0.154. The molecule has 3 nitrogen and oxygen atoms in total. The Labute approximate surface area is 132 Å². The normalized spacial score (nSPS) is 14.5. The third-order valence-corrected chi connectivity index (χ3v) is 6.00. The zero-order valence-corrected chi connectivity index (χ0v) is 13.5. The zero-order valence-electron chi connectivity index (χ0n) is 12.7. The van der Waals surface area contributed by atoms with E-state index in [0.29, 0.717) is 11.3 Å². The van der Waals surface area contributed by atoms with Crippen LogP contribution < -0.4 is 0 Å². The van der Waals surface area contributed by atoms with Crippen molar-refractivity contribution >= 4 is 9.84 Å². The van der Waals surface area contributed by atoms with Gasteiger partial charge in [-0.05, 0) is 43.9 Å². The van der Waals surface area contributed by atoms with Crippen molar-refractivity contribution in [2.45, 2.75) is 42.4 Å². The van der Waals surface area contributed by atoms with Crippen molar-refractivity contribution < 1.29 is 13.5 Å². The molecule has 22 heavy (non-hydrogen) atoms. The molecule has 2 rings (SSSR count). The number of hydrogen-bond acceptors (Lipinski definition) is 3. The second kappa shape index (κ2) is 7.56. The third kappa shape index (κ3) is 4.42. The maximum absolute atomic E-state index is 12.4. The van der Waals surface area contributed by atoms with Gasteiger partial charge < -0.3 is 5.11 Å². The van der Waals surface area contributed by atoms with Gasteiger partial charge in [0.2, 0.25) is 0 Å². The summed E-state index contributed by atoms with van der Waals surface area (Å²) in [7, 11) is -3.38. The van der Waals surface area contributed by atoms with Gasteiger partial charge in [0, 0.05) is 0 Å². The van der Waals surface area contributed by atoms with Crippen LogP contribution in [0.5, 0.6) is 0 Å². The van der Waals surface area contributed by atoms with E-state index in [0.717, 1.165) is 12.0 Å². The zero-order chi connectivity index (χ0) is 16.0. The van der Waals surface area contributed by atoms with E-state index in [-0.39, 0.29) is 6.42 Å². The van der Waals surface area contributed by atoms with Crippen LogP contribution in [0, 0.1) is 0 Å². The standard InChI is InChI=1S/C18H22O3S/c1-15(22(20,21)18-10-6-3-7-11-18)14-17(19)13-12-16-8-4-2-5-9-16/h2-11,15,17,19H,12-14H2,1H3/t15?,17-/m0/s1. The highest BCUT2D eigenvalue weighted by Crippen LogP contribution is 2.20. The molecule has 0 aliphatic carbocycles. The summed E-state index contributed by atoms with van der Waals surface area (Å²) in [5.74, 6) is 0. The van der Waals surface area contributed by atoms with Gasteiger partial charge in [-0.3, -0.25) is 0 Å². The van der Waals surface area contributed by atoms with E-state index in [1.54, 1.807) is 37.3 Å². The van der Waals surface area contributed by atoms with Crippen molar-refractivity contribution in [3.8, 4) is 0 Å². The number of benzene rings is 2.